The smallest absolute Gasteiger partial charge is 0.425 e. The third-order valence-corrected chi connectivity index (χ3v) is 14.3. The van der Waals surface area contributed by atoms with Crippen LogP contribution in [0.5, 0.6) is 0 Å². The van der Waals surface area contributed by atoms with Crippen molar-refractivity contribution in [1.29, 1.82) is 0 Å². The molecule has 3 rings (SSSR count). The van der Waals surface area contributed by atoms with Crippen LogP contribution in [0.15, 0.2) is 6.33 Å². The number of fused-ring (bicyclic) bond motifs is 1. The molecule has 18 heteroatoms. The van der Waals surface area contributed by atoms with Crippen LogP contribution in [0.3, 0.4) is 0 Å². The second kappa shape index (κ2) is 17.5. The van der Waals surface area contributed by atoms with Crippen molar-refractivity contribution in [1.82, 2.24) is 19.5 Å². The summed E-state index contributed by atoms with van der Waals surface area (Å²) in [4.78, 5) is 66.6. The van der Waals surface area contributed by atoms with Crippen molar-refractivity contribution in [3.8, 4) is 0 Å². The number of hydrogen-bond acceptors (Lipinski definition) is 13. The normalized spacial score (nSPS) is 20.6. The summed E-state index contributed by atoms with van der Waals surface area (Å²) in [6, 6.07) is 0. The van der Waals surface area contributed by atoms with E-state index in [1.54, 1.807) is 55.4 Å². The number of rotatable bonds is 14. The molecular formula is C37H59ClFN5O10Si. The fourth-order valence-electron chi connectivity index (χ4n) is 5.48. The Morgan fingerprint density at radius 3 is 2.07 bits per heavy atom. The van der Waals surface area contributed by atoms with E-state index < -0.39 is 78.8 Å². The summed E-state index contributed by atoms with van der Waals surface area (Å²) in [7, 11) is -2.00. The fourth-order valence-corrected chi connectivity index (χ4v) is 6.73. The molecule has 0 spiro atoms. The number of alkyl halides is 1. The van der Waals surface area contributed by atoms with E-state index in [0.717, 1.165) is 0 Å². The molecule has 2 amide bonds. The highest BCUT2D eigenvalue weighted by Gasteiger charge is 2.50. The summed E-state index contributed by atoms with van der Waals surface area (Å²) in [6.45, 7) is 25.1. The van der Waals surface area contributed by atoms with Crippen molar-refractivity contribution >= 4 is 60.8 Å². The summed E-state index contributed by atoms with van der Waals surface area (Å²) >= 11 is 6.33. The number of ketones is 1. The van der Waals surface area contributed by atoms with Crippen molar-refractivity contribution in [3.63, 3.8) is 0 Å². The van der Waals surface area contributed by atoms with E-state index in [9.17, 15) is 19.2 Å². The van der Waals surface area contributed by atoms with Gasteiger partial charge in [-0.05, 0) is 104 Å². The molecule has 0 saturated carbocycles. The summed E-state index contributed by atoms with van der Waals surface area (Å²) < 4.78 is 52.3. The molecule has 15 nitrogen and oxygen atoms in total. The molecule has 1 fully saturated rings. The first kappa shape index (κ1) is 46.1. The number of imidazole rings is 1. The Balaban J connectivity index is 1.91. The Hall–Kier alpha value is -3.25. The Labute approximate surface area is 329 Å². The van der Waals surface area contributed by atoms with Crippen LogP contribution in [0.4, 0.5) is 19.8 Å². The van der Waals surface area contributed by atoms with E-state index in [2.05, 4.69) is 48.8 Å². The highest BCUT2D eigenvalue weighted by Crippen LogP contribution is 2.40. The monoisotopic (exact) mass is 815 g/mol. The van der Waals surface area contributed by atoms with E-state index in [1.807, 2.05) is 0 Å². The number of halogens is 2. The SMILES string of the molecule is CCOC(=O)C(CCCCO[Si](C)(C)C(C)(C)C)(OC[C@H]1O[C@@H](n2cnc3c(N(C(=O)OC(C)(C)C)C(=O)OC(C)(C)C)nc(Cl)nc32)[C@@H](F)[C@@H]1C)C(C)=O. The number of hydrogen-bond donors (Lipinski definition) is 0. The molecule has 0 radical (unpaired) electrons. The molecule has 1 saturated heterocycles. The fraction of sp³-hybridized carbons (Fsp3) is 0.757. The van der Waals surface area contributed by atoms with E-state index in [1.165, 1.54) is 17.8 Å². The van der Waals surface area contributed by atoms with Crippen LogP contribution in [-0.4, -0.2) is 101 Å². The topological polar surface area (TPSA) is 170 Å². The first-order valence-electron chi connectivity index (χ1n) is 18.6. The average Bonchev–Trinajstić information content (AvgIpc) is 3.55. The number of imide groups is 1. The zero-order valence-electron chi connectivity index (χ0n) is 34.7. The molecule has 55 heavy (non-hydrogen) atoms. The Morgan fingerprint density at radius 2 is 1.56 bits per heavy atom. The summed E-state index contributed by atoms with van der Waals surface area (Å²) in [5.41, 5.74) is -4.11. The minimum atomic E-state index is -2.00. The van der Waals surface area contributed by atoms with Crippen LogP contribution in [0.2, 0.25) is 23.4 Å². The van der Waals surface area contributed by atoms with Gasteiger partial charge in [-0.2, -0.15) is 14.9 Å². The highest BCUT2D eigenvalue weighted by molar-refractivity contribution is 6.74. The molecule has 310 valence electrons. The van der Waals surface area contributed by atoms with Gasteiger partial charge < -0.3 is 28.1 Å². The lowest BCUT2D eigenvalue weighted by molar-refractivity contribution is -0.183. The van der Waals surface area contributed by atoms with Gasteiger partial charge in [0.15, 0.2) is 43.5 Å². The molecule has 1 aliphatic heterocycles. The molecule has 2 aromatic rings. The largest absolute Gasteiger partial charge is 0.464 e. The van der Waals surface area contributed by atoms with E-state index in [4.69, 9.17) is 39.7 Å². The van der Waals surface area contributed by atoms with Crippen LogP contribution >= 0.6 is 11.6 Å². The number of anilines is 1. The molecule has 3 heterocycles. The minimum Gasteiger partial charge on any atom is -0.464 e. The lowest BCUT2D eigenvalue weighted by Crippen LogP contribution is -2.50. The van der Waals surface area contributed by atoms with E-state index in [-0.39, 0.29) is 41.7 Å². The molecule has 1 unspecified atom stereocenters. The molecule has 2 aromatic heterocycles. The van der Waals surface area contributed by atoms with Gasteiger partial charge in [-0.1, -0.05) is 27.7 Å². The van der Waals surface area contributed by atoms with Gasteiger partial charge in [0.2, 0.25) is 10.9 Å². The van der Waals surface area contributed by atoms with Gasteiger partial charge in [0.05, 0.1) is 25.6 Å². The predicted molar refractivity (Wildman–Crippen MR) is 206 cm³/mol. The molecule has 0 bridgehead atoms. The maximum atomic E-state index is 16.2. The highest BCUT2D eigenvalue weighted by atomic mass is 35.5. The number of unbranched alkanes of at least 4 members (excludes halogenated alkanes) is 1. The van der Waals surface area contributed by atoms with Crippen molar-refractivity contribution in [3.05, 3.63) is 11.6 Å². The van der Waals surface area contributed by atoms with Gasteiger partial charge in [0, 0.05) is 12.5 Å². The summed E-state index contributed by atoms with van der Waals surface area (Å²) in [6.07, 6.45) is -3.92. The van der Waals surface area contributed by atoms with Gasteiger partial charge in [0.25, 0.3) is 0 Å². The quantitative estimate of drug-likeness (QED) is 0.0448. The first-order chi connectivity index (χ1) is 25.2. The van der Waals surface area contributed by atoms with Crippen LogP contribution in [0.1, 0.15) is 109 Å². The average molecular weight is 816 g/mol. The van der Waals surface area contributed by atoms with Crippen LogP contribution in [0, 0.1) is 5.92 Å². The maximum Gasteiger partial charge on any atom is 0.425 e. The lowest BCUT2D eigenvalue weighted by atomic mass is 9.91. The number of nitrogens with zero attached hydrogens (tertiary/aromatic N) is 5. The van der Waals surface area contributed by atoms with Crippen molar-refractivity contribution in [2.75, 3.05) is 24.7 Å². The molecule has 0 N–H and O–H groups in total. The number of ether oxygens (including phenoxy) is 5. The van der Waals surface area contributed by atoms with E-state index in [0.29, 0.717) is 24.3 Å². The van der Waals surface area contributed by atoms with Crippen molar-refractivity contribution < 1.29 is 51.7 Å². The number of carbonyl (C=O) groups is 4. The first-order valence-corrected chi connectivity index (χ1v) is 21.9. The number of amides is 2. The van der Waals surface area contributed by atoms with Gasteiger partial charge >= 0.3 is 18.2 Å². The molecule has 0 aromatic carbocycles. The minimum absolute atomic E-state index is 0.0239. The number of carbonyl (C=O) groups excluding carboxylic acids is 4. The van der Waals surface area contributed by atoms with Gasteiger partial charge in [0.1, 0.15) is 11.2 Å². The zero-order valence-corrected chi connectivity index (χ0v) is 36.5. The summed E-state index contributed by atoms with van der Waals surface area (Å²) in [5, 5.41) is -0.364. The standard InChI is InChI=1S/C37H59ClFN5O10Si/c1-15-49-30(46)37(23(3)45,18-16-17-19-51-55(13,14)36(10,11)12)50-20-24-22(2)25(39)29(52-24)43-21-40-26-27(43)41-31(38)42-28(26)44(32(47)53-34(4,5)6)33(48)54-35(7,8)9/h21-22,24-25,29H,15-20H2,1-14H3/t22-,24-,25+,29-,37?/m1/s1. The Morgan fingerprint density at radius 1 is 0.982 bits per heavy atom. The Kier molecular flexibility index (Phi) is 14.7. The second-order valence-electron chi connectivity index (χ2n) is 17.3. The predicted octanol–water partition coefficient (Wildman–Crippen LogP) is 8.13. The van der Waals surface area contributed by atoms with Crippen molar-refractivity contribution in [2.24, 2.45) is 5.92 Å². The second-order valence-corrected chi connectivity index (χ2v) is 22.4. The Bertz CT molecular complexity index is 1680. The molecule has 5 atom stereocenters. The summed E-state index contributed by atoms with van der Waals surface area (Å²) in [5.74, 6) is -2.53. The number of aromatic nitrogens is 4. The third kappa shape index (κ3) is 11.2. The number of esters is 1. The molecule has 1 aliphatic rings. The zero-order chi connectivity index (χ0) is 41.9. The maximum absolute atomic E-state index is 16.2. The van der Waals surface area contributed by atoms with Gasteiger partial charge in [-0.25, -0.2) is 23.8 Å². The third-order valence-electron chi connectivity index (χ3n) is 9.55. The number of Topliss-reactive ketones (excluding diaryl/α,β-unsaturated/α-hetero) is 1. The molecular weight excluding hydrogens is 757 g/mol. The van der Waals surface area contributed by atoms with Gasteiger partial charge in [-0.3, -0.25) is 9.36 Å². The van der Waals surface area contributed by atoms with Crippen LogP contribution < -0.4 is 4.90 Å². The van der Waals surface area contributed by atoms with E-state index >= 15 is 4.39 Å². The molecule has 0 aliphatic carbocycles. The van der Waals surface area contributed by atoms with Crippen LogP contribution in [0.25, 0.3) is 11.2 Å². The lowest BCUT2D eigenvalue weighted by Gasteiger charge is -2.36. The van der Waals surface area contributed by atoms with Crippen LogP contribution in [-0.2, 0) is 37.7 Å². The van der Waals surface area contributed by atoms with Gasteiger partial charge in [-0.15, -0.1) is 0 Å². The van der Waals surface area contributed by atoms with Crippen molar-refractivity contribution in [2.45, 2.75) is 156 Å².